The van der Waals surface area contributed by atoms with Crippen molar-refractivity contribution in [2.24, 2.45) is 0 Å². The molecule has 0 aliphatic carbocycles. The van der Waals surface area contributed by atoms with Gasteiger partial charge in [0.2, 0.25) is 0 Å². The quantitative estimate of drug-likeness (QED) is 0.646. The van der Waals surface area contributed by atoms with Crippen LogP contribution in [-0.2, 0) is 38.0 Å². The Kier molecular flexibility index (Phi) is 4.87. The zero-order valence-corrected chi connectivity index (χ0v) is 15.4. The first-order valence-electron chi connectivity index (χ1n) is 7.97. The summed E-state index contributed by atoms with van der Waals surface area (Å²) in [5.41, 5.74) is 0. The molecule has 12 heteroatoms. The fourth-order valence-corrected chi connectivity index (χ4v) is 4.07. The third kappa shape index (κ3) is 4.49. The van der Waals surface area contributed by atoms with Gasteiger partial charge >= 0.3 is 6.18 Å². The van der Waals surface area contributed by atoms with Crippen LogP contribution in [0.25, 0.3) is 0 Å². The Morgan fingerprint density at radius 3 is 2.08 bits per heavy atom. The van der Waals surface area contributed by atoms with Crippen molar-refractivity contribution in [2.75, 3.05) is 12.4 Å². The Morgan fingerprint density at radius 1 is 0.923 bits per heavy atom. The summed E-state index contributed by atoms with van der Waals surface area (Å²) in [6.07, 6.45) is -8.86. The topological polar surface area (TPSA) is 89.5 Å². The average molecular weight is 406 g/mol. The number of fused-ring (bicyclic) bond motifs is 3. The number of alkyl halides is 3. The number of ether oxygens (including phenoxy) is 5. The Bertz CT molecular complexity index is 647. The van der Waals surface area contributed by atoms with E-state index in [0.29, 0.717) is 0 Å². The van der Waals surface area contributed by atoms with Gasteiger partial charge in [0.1, 0.15) is 24.4 Å². The van der Waals surface area contributed by atoms with Crippen molar-refractivity contribution in [3.8, 4) is 0 Å². The van der Waals surface area contributed by atoms with E-state index in [-0.39, 0.29) is 0 Å². The summed E-state index contributed by atoms with van der Waals surface area (Å²) in [6, 6.07) is 0. The van der Waals surface area contributed by atoms with Crippen molar-refractivity contribution in [1.82, 2.24) is 0 Å². The molecular weight excluding hydrogens is 385 g/mol. The normalized spacial score (nSPS) is 38.8. The van der Waals surface area contributed by atoms with Crippen molar-refractivity contribution in [3.63, 3.8) is 0 Å². The Hall–Kier alpha value is -0.500. The molecule has 0 aromatic carbocycles. The van der Waals surface area contributed by atoms with Crippen molar-refractivity contribution >= 4 is 10.1 Å². The van der Waals surface area contributed by atoms with Crippen LogP contribution in [0, 0.1) is 0 Å². The molecule has 152 valence electrons. The first kappa shape index (κ1) is 20.2. The van der Waals surface area contributed by atoms with Crippen LogP contribution in [-0.4, -0.2) is 69.2 Å². The lowest BCUT2D eigenvalue weighted by atomic mass is 9.99. The highest BCUT2D eigenvalue weighted by Gasteiger charge is 2.60. The third-order valence-electron chi connectivity index (χ3n) is 4.00. The molecule has 3 saturated heterocycles. The summed E-state index contributed by atoms with van der Waals surface area (Å²) in [4.78, 5) is 0. The molecule has 0 amide bonds. The van der Waals surface area contributed by atoms with Crippen LogP contribution in [0.3, 0.4) is 0 Å². The summed E-state index contributed by atoms with van der Waals surface area (Å²) in [7, 11) is -4.81. The van der Waals surface area contributed by atoms with Gasteiger partial charge in [-0.1, -0.05) is 0 Å². The van der Waals surface area contributed by atoms with Gasteiger partial charge in [-0.2, -0.15) is 21.6 Å². The Morgan fingerprint density at radius 2 is 1.46 bits per heavy atom. The SMILES string of the molecule is CC1(C)O[C@H]2[C@@H](O1)[C@@H](COS(=O)(=O)CC(F)(F)F)O[C@@H]1OC(C)(C)O[C@@H]12. The third-order valence-corrected chi connectivity index (χ3v) is 5.18. The second-order valence-electron chi connectivity index (χ2n) is 7.31. The van der Waals surface area contributed by atoms with Crippen LogP contribution < -0.4 is 0 Å². The van der Waals surface area contributed by atoms with Crippen molar-refractivity contribution in [1.29, 1.82) is 0 Å². The molecule has 3 rings (SSSR count). The van der Waals surface area contributed by atoms with E-state index in [4.69, 9.17) is 23.7 Å². The highest BCUT2D eigenvalue weighted by atomic mass is 32.2. The van der Waals surface area contributed by atoms with E-state index >= 15 is 0 Å². The molecule has 3 aliphatic rings. The summed E-state index contributed by atoms with van der Waals surface area (Å²) in [6.45, 7) is 5.99. The summed E-state index contributed by atoms with van der Waals surface area (Å²) >= 11 is 0. The molecule has 0 unspecified atom stereocenters. The van der Waals surface area contributed by atoms with Crippen LogP contribution >= 0.6 is 0 Å². The molecule has 0 bridgehead atoms. The zero-order valence-electron chi connectivity index (χ0n) is 14.6. The van der Waals surface area contributed by atoms with Gasteiger partial charge in [0.05, 0.1) is 6.61 Å². The highest BCUT2D eigenvalue weighted by molar-refractivity contribution is 7.86. The van der Waals surface area contributed by atoms with Crippen molar-refractivity contribution < 1.29 is 49.5 Å². The van der Waals surface area contributed by atoms with Crippen molar-refractivity contribution in [3.05, 3.63) is 0 Å². The minimum Gasteiger partial charge on any atom is -0.342 e. The van der Waals surface area contributed by atoms with Gasteiger partial charge in [0, 0.05) is 0 Å². The number of hydrogen-bond acceptors (Lipinski definition) is 8. The second-order valence-corrected chi connectivity index (χ2v) is 8.95. The van der Waals surface area contributed by atoms with Crippen LogP contribution in [0.15, 0.2) is 0 Å². The molecule has 8 nitrogen and oxygen atoms in total. The van der Waals surface area contributed by atoms with Crippen molar-refractivity contribution in [2.45, 2.75) is 76.2 Å². The summed E-state index contributed by atoms with van der Waals surface area (Å²) < 4.78 is 93.1. The van der Waals surface area contributed by atoms with Crippen LogP contribution in [0.2, 0.25) is 0 Å². The predicted molar refractivity (Wildman–Crippen MR) is 78.3 cm³/mol. The first-order chi connectivity index (χ1) is 11.7. The van der Waals surface area contributed by atoms with Gasteiger partial charge in [0.15, 0.2) is 23.6 Å². The predicted octanol–water partition coefficient (Wildman–Crippen LogP) is 1.29. The maximum atomic E-state index is 12.3. The van der Waals surface area contributed by atoms with E-state index in [1.54, 1.807) is 27.7 Å². The summed E-state index contributed by atoms with van der Waals surface area (Å²) in [5.74, 6) is -4.05. The fourth-order valence-electron chi connectivity index (χ4n) is 3.24. The van der Waals surface area contributed by atoms with Gasteiger partial charge in [0.25, 0.3) is 10.1 Å². The maximum Gasteiger partial charge on any atom is 0.405 e. The average Bonchev–Trinajstić information content (AvgIpc) is 2.87. The molecule has 0 N–H and O–H groups in total. The van der Waals surface area contributed by atoms with Gasteiger partial charge < -0.3 is 23.7 Å². The number of rotatable bonds is 4. The lowest BCUT2D eigenvalue weighted by Gasteiger charge is -2.36. The Labute approximate surface area is 148 Å². The van der Waals surface area contributed by atoms with E-state index in [0.717, 1.165) is 0 Å². The maximum absolute atomic E-state index is 12.3. The lowest BCUT2D eigenvalue weighted by molar-refractivity contribution is -0.238. The number of hydrogen-bond donors (Lipinski definition) is 0. The van der Waals surface area contributed by atoms with E-state index in [1.807, 2.05) is 0 Å². The Balaban J connectivity index is 1.73. The van der Waals surface area contributed by atoms with Crippen LogP contribution in [0.1, 0.15) is 27.7 Å². The second kappa shape index (κ2) is 6.26. The standard InChI is InChI=1S/C14H21F3O8S/c1-12(2)22-8-7(5-20-26(18,19)6-14(15,16)17)21-11-10(9(8)23-12)24-13(3,4)25-11/h7-11H,5-6H2,1-4H3/t7-,8+,9+,10-,11-/m1/s1. The molecule has 5 atom stereocenters. The fraction of sp³-hybridized carbons (Fsp3) is 1.00. The lowest BCUT2D eigenvalue weighted by Crippen LogP contribution is -2.56. The number of halogens is 3. The molecule has 0 aromatic heterocycles. The van der Waals surface area contributed by atoms with E-state index in [1.165, 1.54) is 0 Å². The molecule has 0 saturated carbocycles. The van der Waals surface area contributed by atoms with E-state index < -0.39 is 70.9 Å². The minimum absolute atomic E-state index is 0.625. The van der Waals surface area contributed by atoms with Gasteiger partial charge in [-0.15, -0.1) is 0 Å². The monoisotopic (exact) mass is 406 g/mol. The molecule has 26 heavy (non-hydrogen) atoms. The minimum atomic E-state index is -4.90. The van der Waals surface area contributed by atoms with Crippen LogP contribution in [0.4, 0.5) is 13.2 Å². The molecular formula is C14H21F3O8S. The highest BCUT2D eigenvalue weighted by Crippen LogP contribution is 2.44. The molecule has 0 aromatic rings. The smallest absolute Gasteiger partial charge is 0.342 e. The van der Waals surface area contributed by atoms with Gasteiger partial charge in [-0.05, 0) is 27.7 Å². The molecule has 3 heterocycles. The largest absolute Gasteiger partial charge is 0.405 e. The first-order valence-corrected chi connectivity index (χ1v) is 9.55. The van der Waals surface area contributed by atoms with Gasteiger partial charge in [-0.3, -0.25) is 4.18 Å². The van der Waals surface area contributed by atoms with Gasteiger partial charge in [-0.25, -0.2) is 0 Å². The summed E-state index contributed by atoms with van der Waals surface area (Å²) in [5, 5.41) is 0. The molecule has 0 radical (unpaired) electrons. The van der Waals surface area contributed by atoms with E-state index in [2.05, 4.69) is 4.18 Å². The molecule has 0 spiro atoms. The van der Waals surface area contributed by atoms with E-state index in [9.17, 15) is 21.6 Å². The molecule has 3 fully saturated rings. The molecule has 3 aliphatic heterocycles. The van der Waals surface area contributed by atoms with Crippen LogP contribution in [0.5, 0.6) is 0 Å². The zero-order chi connectivity index (χ0) is 19.5.